The third-order valence-corrected chi connectivity index (χ3v) is 8.40. The van der Waals surface area contributed by atoms with E-state index in [9.17, 15) is 9.90 Å². The van der Waals surface area contributed by atoms with Crippen LogP contribution in [0.4, 0.5) is 0 Å². The van der Waals surface area contributed by atoms with Crippen LogP contribution in [0.5, 0.6) is 0 Å². The first-order valence-corrected chi connectivity index (χ1v) is 12.9. The number of aliphatic carboxylic acids is 1. The first kappa shape index (κ1) is 23.8. The number of carboxylic acid groups (broad SMARTS) is 1. The largest absolute Gasteiger partial charge is 0.480 e. The Hall–Kier alpha value is -2.95. The van der Waals surface area contributed by atoms with E-state index in [-0.39, 0.29) is 0 Å². The molecule has 2 aliphatic heterocycles. The van der Waals surface area contributed by atoms with E-state index in [1.807, 2.05) is 37.3 Å². The highest BCUT2D eigenvalue weighted by Gasteiger charge is 2.48. The third-order valence-electron chi connectivity index (χ3n) is 8.40. The van der Waals surface area contributed by atoms with Gasteiger partial charge in [0.15, 0.2) is 0 Å². The van der Waals surface area contributed by atoms with Crippen LogP contribution in [-0.4, -0.2) is 53.6 Å². The highest BCUT2D eigenvalue weighted by Crippen LogP contribution is 2.41. The number of benzene rings is 3. The van der Waals surface area contributed by atoms with E-state index in [0.29, 0.717) is 17.8 Å². The zero-order valence-corrected chi connectivity index (χ0v) is 20.6. The maximum atomic E-state index is 12.7. The highest BCUT2D eigenvalue weighted by molar-refractivity contribution is 5.80. The van der Waals surface area contributed by atoms with Gasteiger partial charge in [-0.1, -0.05) is 91.0 Å². The SMILES string of the molecule is C[C@](C(=O)O)(c1ccccc1)N1C[C@H](CN2CCC(c3ccccc3)CC2)[C@@H](c2ccccc2)C1. The maximum absolute atomic E-state index is 12.7. The Bertz CT molecular complexity index is 1100. The van der Waals surface area contributed by atoms with Gasteiger partial charge in [-0.2, -0.15) is 0 Å². The molecular formula is C31H36N2O2. The topological polar surface area (TPSA) is 43.8 Å². The average Bonchev–Trinajstić information content (AvgIpc) is 3.34. The number of hydrogen-bond acceptors (Lipinski definition) is 3. The molecule has 2 saturated heterocycles. The van der Waals surface area contributed by atoms with E-state index >= 15 is 0 Å². The van der Waals surface area contributed by atoms with Crippen molar-refractivity contribution in [1.29, 1.82) is 0 Å². The molecule has 0 bridgehead atoms. The fraction of sp³-hybridized carbons (Fsp3) is 0.387. The van der Waals surface area contributed by atoms with Crippen LogP contribution in [0.2, 0.25) is 0 Å². The molecule has 182 valence electrons. The summed E-state index contributed by atoms with van der Waals surface area (Å²) >= 11 is 0. The van der Waals surface area contributed by atoms with Crippen LogP contribution in [0.25, 0.3) is 0 Å². The molecule has 0 radical (unpaired) electrons. The summed E-state index contributed by atoms with van der Waals surface area (Å²) in [5.41, 5.74) is 2.59. The summed E-state index contributed by atoms with van der Waals surface area (Å²) in [6, 6.07) is 31.3. The van der Waals surface area contributed by atoms with Crippen LogP contribution in [0, 0.1) is 5.92 Å². The minimum Gasteiger partial charge on any atom is -0.480 e. The second-order valence-corrected chi connectivity index (χ2v) is 10.4. The summed E-state index contributed by atoms with van der Waals surface area (Å²) in [4.78, 5) is 17.5. The number of nitrogens with zero attached hydrogens (tertiary/aromatic N) is 2. The zero-order valence-electron chi connectivity index (χ0n) is 20.6. The Labute approximate surface area is 209 Å². The molecule has 2 heterocycles. The summed E-state index contributed by atoms with van der Waals surface area (Å²) in [5, 5.41) is 10.4. The quantitative estimate of drug-likeness (QED) is 0.492. The van der Waals surface area contributed by atoms with E-state index in [2.05, 4.69) is 70.5 Å². The molecule has 0 spiro atoms. The predicted molar refractivity (Wildman–Crippen MR) is 141 cm³/mol. The van der Waals surface area contributed by atoms with Gasteiger partial charge in [0.1, 0.15) is 5.54 Å². The Kier molecular flexibility index (Phi) is 7.03. The number of piperidine rings is 1. The van der Waals surface area contributed by atoms with Gasteiger partial charge in [0, 0.05) is 25.6 Å². The van der Waals surface area contributed by atoms with E-state index in [1.165, 1.54) is 24.0 Å². The second-order valence-electron chi connectivity index (χ2n) is 10.4. The summed E-state index contributed by atoms with van der Waals surface area (Å²) < 4.78 is 0. The lowest BCUT2D eigenvalue weighted by atomic mass is 9.86. The first-order chi connectivity index (χ1) is 17.1. The number of carbonyl (C=O) groups is 1. The molecule has 3 aromatic carbocycles. The van der Waals surface area contributed by atoms with E-state index in [4.69, 9.17) is 0 Å². The van der Waals surface area contributed by atoms with Gasteiger partial charge in [0.2, 0.25) is 0 Å². The van der Waals surface area contributed by atoms with Gasteiger partial charge >= 0.3 is 5.97 Å². The smallest absolute Gasteiger partial charge is 0.328 e. The van der Waals surface area contributed by atoms with Gasteiger partial charge in [0.05, 0.1) is 0 Å². The molecule has 4 heteroatoms. The van der Waals surface area contributed by atoms with Crippen LogP contribution < -0.4 is 0 Å². The van der Waals surface area contributed by atoms with E-state index in [0.717, 1.165) is 38.3 Å². The molecule has 0 aromatic heterocycles. The normalized spacial score (nSPS) is 23.7. The number of hydrogen-bond donors (Lipinski definition) is 1. The van der Waals surface area contributed by atoms with Crippen molar-refractivity contribution in [3.05, 3.63) is 108 Å². The number of carboxylic acids is 1. The van der Waals surface area contributed by atoms with Crippen molar-refractivity contribution in [3.63, 3.8) is 0 Å². The monoisotopic (exact) mass is 468 g/mol. The summed E-state index contributed by atoms with van der Waals surface area (Å²) in [6.45, 7) is 6.64. The summed E-state index contributed by atoms with van der Waals surface area (Å²) in [6.07, 6.45) is 2.38. The van der Waals surface area contributed by atoms with Crippen LogP contribution >= 0.6 is 0 Å². The molecule has 5 rings (SSSR count). The molecule has 0 saturated carbocycles. The third kappa shape index (κ3) is 4.91. The lowest BCUT2D eigenvalue weighted by Gasteiger charge is -2.36. The fourth-order valence-electron chi connectivity index (χ4n) is 6.21. The van der Waals surface area contributed by atoms with Crippen molar-refractivity contribution >= 4 is 5.97 Å². The molecule has 1 N–H and O–H groups in total. The van der Waals surface area contributed by atoms with Crippen molar-refractivity contribution in [1.82, 2.24) is 9.80 Å². The standard InChI is InChI=1S/C31H36N2O2/c1-31(30(34)35,28-15-9-4-10-16-28)33-22-27(29(23-33)26-13-7-3-8-14-26)21-32-19-17-25(18-20-32)24-11-5-2-6-12-24/h2-16,25,27,29H,17-23H2,1H3,(H,34,35)/t27-,29+,31+/m0/s1. The van der Waals surface area contributed by atoms with Crippen molar-refractivity contribution in [2.45, 2.75) is 37.1 Å². The van der Waals surface area contributed by atoms with Crippen molar-refractivity contribution in [2.75, 3.05) is 32.7 Å². The highest BCUT2D eigenvalue weighted by atomic mass is 16.4. The number of likely N-dealkylation sites (tertiary alicyclic amines) is 2. The Morgan fingerprint density at radius 3 is 1.94 bits per heavy atom. The lowest BCUT2D eigenvalue weighted by molar-refractivity contribution is -0.150. The average molecular weight is 469 g/mol. The number of rotatable bonds is 7. The minimum atomic E-state index is -1.04. The van der Waals surface area contributed by atoms with Gasteiger partial charge in [-0.15, -0.1) is 0 Å². The second kappa shape index (κ2) is 10.3. The molecule has 0 aliphatic carbocycles. The van der Waals surface area contributed by atoms with E-state index < -0.39 is 11.5 Å². The van der Waals surface area contributed by atoms with Gasteiger partial charge in [-0.25, -0.2) is 4.79 Å². The predicted octanol–water partition coefficient (Wildman–Crippen LogP) is 5.58. The van der Waals surface area contributed by atoms with Gasteiger partial charge in [0.25, 0.3) is 0 Å². The summed E-state index contributed by atoms with van der Waals surface area (Å²) in [7, 11) is 0. The molecule has 2 fully saturated rings. The van der Waals surface area contributed by atoms with Crippen LogP contribution in [0.15, 0.2) is 91.0 Å². The Balaban J connectivity index is 1.34. The molecule has 0 unspecified atom stereocenters. The molecule has 4 nitrogen and oxygen atoms in total. The molecule has 0 amide bonds. The van der Waals surface area contributed by atoms with Crippen molar-refractivity contribution < 1.29 is 9.90 Å². The van der Waals surface area contributed by atoms with Crippen LogP contribution in [0.3, 0.4) is 0 Å². The molecule has 2 aliphatic rings. The van der Waals surface area contributed by atoms with Crippen LogP contribution in [0.1, 0.15) is 48.3 Å². The fourth-order valence-corrected chi connectivity index (χ4v) is 6.21. The minimum absolute atomic E-state index is 0.324. The Morgan fingerprint density at radius 2 is 1.37 bits per heavy atom. The summed E-state index contributed by atoms with van der Waals surface area (Å²) in [5.74, 6) is 0.587. The molecule has 3 atom stereocenters. The molecule has 35 heavy (non-hydrogen) atoms. The van der Waals surface area contributed by atoms with Gasteiger partial charge < -0.3 is 10.0 Å². The van der Waals surface area contributed by atoms with Crippen molar-refractivity contribution in [3.8, 4) is 0 Å². The van der Waals surface area contributed by atoms with Crippen molar-refractivity contribution in [2.24, 2.45) is 5.92 Å². The van der Waals surface area contributed by atoms with Crippen LogP contribution in [-0.2, 0) is 10.3 Å². The van der Waals surface area contributed by atoms with Gasteiger partial charge in [-0.05, 0) is 61.4 Å². The van der Waals surface area contributed by atoms with E-state index in [1.54, 1.807) is 0 Å². The van der Waals surface area contributed by atoms with Gasteiger partial charge in [-0.3, -0.25) is 4.90 Å². The molecule has 3 aromatic rings. The lowest BCUT2D eigenvalue weighted by Crippen LogP contribution is -2.49. The molecular weight excluding hydrogens is 432 g/mol. The maximum Gasteiger partial charge on any atom is 0.328 e. The Morgan fingerprint density at radius 1 is 0.829 bits per heavy atom. The zero-order chi connectivity index (χ0) is 24.3. The first-order valence-electron chi connectivity index (χ1n) is 12.9.